The van der Waals surface area contributed by atoms with Crippen molar-refractivity contribution in [3.8, 4) is 17.0 Å². The molecule has 1 atom stereocenters. The Morgan fingerprint density at radius 1 is 0.896 bits per heavy atom. The second kappa shape index (κ2) is 16.1. The summed E-state index contributed by atoms with van der Waals surface area (Å²) in [6.45, 7) is 6.00. The number of carbonyl (C=O) groups excluding carboxylic acids is 3. The van der Waals surface area contributed by atoms with Gasteiger partial charge in [0, 0.05) is 26.6 Å². The summed E-state index contributed by atoms with van der Waals surface area (Å²) in [5, 5.41) is 8.83. The van der Waals surface area contributed by atoms with E-state index in [1.807, 2.05) is 69.3 Å². The van der Waals surface area contributed by atoms with E-state index in [1.165, 1.54) is 28.7 Å². The Kier molecular flexibility index (Phi) is 11.4. The highest BCUT2D eigenvalue weighted by Crippen LogP contribution is 2.33. The van der Waals surface area contributed by atoms with Crippen molar-refractivity contribution >= 4 is 57.7 Å². The molecule has 0 radical (unpaired) electrons. The number of anilines is 2. The van der Waals surface area contributed by atoms with Crippen molar-refractivity contribution in [2.24, 2.45) is 0 Å². The number of aromatic nitrogens is 1. The van der Waals surface area contributed by atoms with Crippen molar-refractivity contribution < 1.29 is 19.1 Å². The largest absolute Gasteiger partial charge is 0.497 e. The van der Waals surface area contributed by atoms with Gasteiger partial charge in [0.1, 0.15) is 11.4 Å². The van der Waals surface area contributed by atoms with Gasteiger partial charge < -0.3 is 20.7 Å². The second-order valence-corrected chi connectivity index (χ2v) is 13.4. The molecular weight excluding hydrogens is 641 g/mol. The number of aryl methyl sites for hydroxylation is 2. The predicted octanol–water partition coefficient (Wildman–Crippen LogP) is 8.35. The van der Waals surface area contributed by atoms with Crippen LogP contribution >= 0.6 is 23.1 Å². The fraction of sp³-hybridized carbons (Fsp3) is 0.158. The minimum Gasteiger partial charge on any atom is -0.497 e. The molecule has 0 aliphatic carbocycles. The summed E-state index contributed by atoms with van der Waals surface area (Å²) in [6, 6.07) is 31.3. The third kappa shape index (κ3) is 8.99. The van der Waals surface area contributed by atoms with Crippen molar-refractivity contribution in [1.29, 1.82) is 0 Å². The fourth-order valence-electron chi connectivity index (χ4n) is 4.76. The molecule has 8 nitrogen and oxygen atoms in total. The van der Waals surface area contributed by atoms with E-state index in [4.69, 9.17) is 9.72 Å². The first kappa shape index (κ1) is 34.2. The summed E-state index contributed by atoms with van der Waals surface area (Å²) >= 11 is 2.86. The van der Waals surface area contributed by atoms with Gasteiger partial charge in [-0.15, -0.1) is 23.1 Å². The Hall–Kier alpha value is -5.19. The first-order valence-electron chi connectivity index (χ1n) is 15.4. The lowest BCUT2D eigenvalue weighted by Gasteiger charge is -2.15. The van der Waals surface area contributed by atoms with Gasteiger partial charge in [0.2, 0.25) is 5.91 Å². The van der Waals surface area contributed by atoms with Crippen molar-refractivity contribution in [1.82, 2.24) is 10.3 Å². The van der Waals surface area contributed by atoms with Gasteiger partial charge in [-0.05, 0) is 74.4 Å². The minimum atomic E-state index is -0.495. The van der Waals surface area contributed by atoms with Crippen molar-refractivity contribution in [2.45, 2.75) is 37.3 Å². The number of ether oxygens (including phenoxy) is 1. The van der Waals surface area contributed by atoms with Crippen molar-refractivity contribution in [2.75, 3.05) is 17.7 Å². The van der Waals surface area contributed by atoms with E-state index in [-0.39, 0.29) is 11.6 Å². The maximum absolute atomic E-state index is 13.6. The zero-order chi connectivity index (χ0) is 34.0. The lowest BCUT2D eigenvalue weighted by atomic mass is 10.1. The number of rotatable bonds is 12. The van der Waals surface area contributed by atoms with E-state index in [9.17, 15) is 14.4 Å². The summed E-state index contributed by atoms with van der Waals surface area (Å²) in [5.74, 6) is -0.373. The molecule has 3 amide bonds. The molecule has 1 heterocycles. The zero-order valence-corrected chi connectivity index (χ0v) is 28.7. The van der Waals surface area contributed by atoms with Crippen molar-refractivity contribution in [3.63, 3.8) is 0 Å². The quantitative estimate of drug-likeness (QED) is 0.0906. The highest BCUT2D eigenvalue weighted by molar-refractivity contribution is 8.00. The maximum Gasteiger partial charge on any atom is 0.272 e. The molecule has 3 N–H and O–H groups in total. The number of nitrogens with one attached hydrogen (secondary N) is 3. The van der Waals surface area contributed by atoms with Gasteiger partial charge >= 0.3 is 0 Å². The van der Waals surface area contributed by atoms with E-state index in [2.05, 4.69) is 16.0 Å². The summed E-state index contributed by atoms with van der Waals surface area (Å²) in [4.78, 5) is 46.5. The molecule has 5 rings (SSSR count). The number of amides is 3. The van der Waals surface area contributed by atoms with Crippen LogP contribution in [0.15, 0.2) is 114 Å². The molecule has 0 aliphatic heterocycles. The van der Waals surface area contributed by atoms with Crippen LogP contribution < -0.4 is 20.7 Å². The minimum absolute atomic E-state index is 0.0710. The lowest BCUT2D eigenvalue weighted by molar-refractivity contribution is -0.116. The predicted molar refractivity (Wildman–Crippen MR) is 196 cm³/mol. The number of thioether (sulfide) groups is 1. The van der Waals surface area contributed by atoms with Crippen LogP contribution in [-0.4, -0.2) is 35.1 Å². The standard InChI is InChI=1S/C38H36N4O4S2/c1-5-33(37(45)42-38-41-34(25(3)47-38)27-18-14-24(2)15-19-27)48-31-13-9-12-29(23-31)39-36(44)32(22-26-16-20-30(46-4)21-17-26)40-35(43)28-10-7-6-8-11-28/h6-23,33H,5H2,1-4H3,(H,39,44)(H,40,43)(H,41,42,45)/b32-22+. The molecule has 1 aromatic heterocycles. The monoisotopic (exact) mass is 676 g/mol. The topological polar surface area (TPSA) is 109 Å². The summed E-state index contributed by atoms with van der Waals surface area (Å²) in [6.07, 6.45) is 2.19. The van der Waals surface area contributed by atoms with Crippen LogP contribution in [0.4, 0.5) is 10.8 Å². The van der Waals surface area contributed by atoms with Crippen LogP contribution in [-0.2, 0) is 9.59 Å². The molecule has 4 aromatic carbocycles. The van der Waals surface area contributed by atoms with Gasteiger partial charge in [-0.25, -0.2) is 4.98 Å². The molecule has 244 valence electrons. The number of methoxy groups -OCH3 is 1. The van der Waals surface area contributed by atoms with Gasteiger partial charge in [0.15, 0.2) is 5.13 Å². The van der Waals surface area contributed by atoms with Crippen LogP contribution in [0.25, 0.3) is 17.3 Å². The van der Waals surface area contributed by atoms with E-state index in [0.717, 1.165) is 21.0 Å². The molecule has 0 saturated carbocycles. The lowest BCUT2D eigenvalue weighted by Crippen LogP contribution is -2.30. The Labute approximate surface area is 288 Å². The average Bonchev–Trinajstić information content (AvgIpc) is 3.47. The summed E-state index contributed by atoms with van der Waals surface area (Å²) < 4.78 is 5.24. The van der Waals surface area contributed by atoms with E-state index >= 15 is 0 Å². The van der Waals surface area contributed by atoms with Crippen LogP contribution in [0.3, 0.4) is 0 Å². The fourth-order valence-corrected chi connectivity index (χ4v) is 6.61. The molecule has 5 aromatic rings. The summed E-state index contributed by atoms with van der Waals surface area (Å²) in [5.41, 5.74) is 4.77. The molecule has 1 unspecified atom stereocenters. The third-order valence-corrected chi connectivity index (χ3v) is 9.59. The molecule has 48 heavy (non-hydrogen) atoms. The third-order valence-electron chi connectivity index (χ3n) is 7.34. The molecule has 0 fully saturated rings. The maximum atomic E-state index is 13.6. The van der Waals surface area contributed by atoms with Crippen LogP contribution in [0.5, 0.6) is 5.75 Å². The van der Waals surface area contributed by atoms with Crippen LogP contribution in [0, 0.1) is 13.8 Å². The van der Waals surface area contributed by atoms with Crippen LogP contribution in [0.2, 0.25) is 0 Å². The number of thiazole rings is 1. The number of benzene rings is 4. The average molecular weight is 677 g/mol. The highest BCUT2D eigenvalue weighted by Gasteiger charge is 2.21. The number of hydrogen-bond acceptors (Lipinski definition) is 7. The SMILES string of the molecule is CCC(Sc1cccc(NC(=O)/C(=C\c2ccc(OC)cc2)NC(=O)c2ccccc2)c1)C(=O)Nc1nc(-c2ccc(C)cc2)c(C)s1. The Balaban J connectivity index is 1.28. The van der Waals surface area contributed by atoms with Crippen molar-refractivity contribution in [3.05, 3.63) is 130 Å². The van der Waals surface area contributed by atoms with E-state index in [1.54, 1.807) is 67.8 Å². The van der Waals surface area contributed by atoms with Gasteiger partial charge in [0.25, 0.3) is 11.8 Å². The van der Waals surface area contributed by atoms with E-state index < -0.39 is 17.1 Å². The molecule has 0 spiro atoms. The Morgan fingerprint density at radius 3 is 2.31 bits per heavy atom. The van der Waals surface area contributed by atoms with Crippen LogP contribution in [0.1, 0.15) is 39.7 Å². The first-order valence-corrected chi connectivity index (χ1v) is 17.1. The number of nitrogens with zero attached hydrogens (tertiary/aromatic N) is 1. The molecule has 0 aliphatic rings. The molecule has 10 heteroatoms. The normalized spacial score (nSPS) is 11.8. The smallest absolute Gasteiger partial charge is 0.272 e. The van der Waals surface area contributed by atoms with Gasteiger partial charge in [-0.2, -0.15) is 0 Å². The number of hydrogen-bond donors (Lipinski definition) is 3. The highest BCUT2D eigenvalue weighted by atomic mass is 32.2. The molecule has 0 bridgehead atoms. The first-order chi connectivity index (χ1) is 23.2. The van der Waals surface area contributed by atoms with Gasteiger partial charge in [-0.1, -0.05) is 73.2 Å². The molecule has 0 saturated heterocycles. The summed E-state index contributed by atoms with van der Waals surface area (Å²) in [7, 11) is 1.58. The van der Waals surface area contributed by atoms with Gasteiger partial charge in [0.05, 0.1) is 18.1 Å². The van der Waals surface area contributed by atoms with E-state index in [0.29, 0.717) is 34.1 Å². The Morgan fingerprint density at radius 2 is 1.62 bits per heavy atom. The molecular formula is C38H36N4O4S2. The number of carbonyl (C=O) groups is 3. The van der Waals surface area contributed by atoms with Gasteiger partial charge in [-0.3, -0.25) is 14.4 Å². The second-order valence-electron chi connectivity index (χ2n) is 10.9. The zero-order valence-electron chi connectivity index (χ0n) is 27.1. The Bertz CT molecular complexity index is 1920.